The molecule has 0 radical (unpaired) electrons. The molecule has 1 amide bonds. The number of hydrogen-bond acceptors (Lipinski definition) is 4. The lowest BCUT2D eigenvalue weighted by atomic mass is 10.2. The first-order chi connectivity index (χ1) is 9.20. The van der Waals surface area contributed by atoms with Crippen molar-refractivity contribution in [2.24, 2.45) is 0 Å². The molecule has 2 unspecified atom stereocenters. The lowest BCUT2D eigenvalue weighted by Crippen LogP contribution is -2.49. The first kappa shape index (κ1) is 14.0. The van der Waals surface area contributed by atoms with Gasteiger partial charge < -0.3 is 10.6 Å². The number of carbonyl (C=O) groups is 1. The predicted molar refractivity (Wildman–Crippen MR) is 74.6 cm³/mol. The molecule has 5 nitrogen and oxygen atoms in total. The van der Waals surface area contributed by atoms with E-state index in [1.165, 1.54) is 0 Å². The van der Waals surface area contributed by atoms with Crippen LogP contribution in [0.5, 0.6) is 0 Å². The van der Waals surface area contributed by atoms with Gasteiger partial charge in [0.1, 0.15) is 6.04 Å². The Kier molecular flexibility index (Phi) is 4.87. The maximum atomic E-state index is 12.2. The molecular formula is C14H22N4O. The molecule has 1 saturated heterocycles. The van der Waals surface area contributed by atoms with Crippen LogP contribution in [-0.2, 0) is 11.3 Å². The maximum Gasteiger partial charge on any atom is 0.238 e. The zero-order valence-corrected chi connectivity index (χ0v) is 11.6. The molecule has 2 rings (SSSR count). The summed E-state index contributed by atoms with van der Waals surface area (Å²) in [5.74, 6) is 0.114. The molecule has 1 aliphatic rings. The quantitative estimate of drug-likeness (QED) is 0.823. The predicted octanol–water partition coefficient (Wildman–Crippen LogP) is 0.380. The van der Waals surface area contributed by atoms with E-state index < -0.39 is 0 Å². The third kappa shape index (κ3) is 3.75. The van der Waals surface area contributed by atoms with Gasteiger partial charge in [-0.25, -0.2) is 0 Å². The Morgan fingerprint density at radius 1 is 1.58 bits per heavy atom. The van der Waals surface area contributed by atoms with E-state index in [2.05, 4.69) is 33.5 Å². The Balaban J connectivity index is 2.12. The van der Waals surface area contributed by atoms with Crippen LogP contribution < -0.4 is 10.6 Å². The van der Waals surface area contributed by atoms with Crippen molar-refractivity contribution in [2.75, 3.05) is 20.1 Å². The number of rotatable bonds is 4. The first-order valence-electron chi connectivity index (χ1n) is 6.78. The van der Waals surface area contributed by atoms with E-state index in [0.717, 1.165) is 25.1 Å². The molecule has 2 N–H and O–H groups in total. The lowest BCUT2D eigenvalue weighted by molar-refractivity contribution is -0.125. The monoisotopic (exact) mass is 262 g/mol. The highest BCUT2D eigenvalue weighted by Gasteiger charge is 2.29. The minimum absolute atomic E-state index is 0.114. The summed E-state index contributed by atoms with van der Waals surface area (Å²) >= 11 is 0. The van der Waals surface area contributed by atoms with Gasteiger partial charge in [0.2, 0.25) is 5.91 Å². The number of likely N-dealkylation sites (N-methyl/N-ethyl adjacent to an activating group) is 1. The van der Waals surface area contributed by atoms with Crippen LogP contribution in [0.25, 0.3) is 0 Å². The van der Waals surface area contributed by atoms with Crippen LogP contribution in [0.2, 0.25) is 0 Å². The van der Waals surface area contributed by atoms with Gasteiger partial charge in [-0.2, -0.15) is 0 Å². The highest BCUT2D eigenvalue weighted by atomic mass is 16.2. The fraction of sp³-hybridized carbons (Fsp3) is 0.571. The molecule has 104 valence electrons. The van der Waals surface area contributed by atoms with Crippen molar-refractivity contribution >= 4 is 5.91 Å². The molecule has 0 bridgehead atoms. The van der Waals surface area contributed by atoms with Crippen LogP contribution in [-0.4, -0.2) is 48.0 Å². The van der Waals surface area contributed by atoms with Gasteiger partial charge in [0, 0.05) is 38.1 Å². The van der Waals surface area contributed by atoms with E-state index in [1.54, 1.807) is 6.20 Å². The molecule has 1 fully saturated rings. The number of nitrogens with zero attached hydrogens (tertiary/aromatic N) is 2. The number of amides is 1. The van der Waals surface area contributed by atoms with Crippen molar-refractivity contribution in [3.05, 3.63) is 30.1 Å². The average Bonchev–Trinajstić information content (AvgIpc) is 2.53. The van der Waals surface area contributed by atoms with E-state index in [4.69, 9.17) is 0 Å². The summed E-state index contributed by atoms with van der Waals surface area (Å²) in [6.45, 7) is 4.40. The van der Waals surface area contributed by atoms with Crippen molar-refractivity contribution in [1.29, 1.82) is 0 Å². The molecule has 5 heteroatoms. The van der Waals surface area contributed by atoms with E-state index in [1.807, 2.05) is 19.3 Å². The molecule has 19 heavy (non-hydrogen) atoms. The summed E-state index contributed by atoms with van der Waals surface area (Å²) in [6, 6.07) is 4.11. The Morgan fingerprint density at radius 3 is 3.11 bits per heavy atom. The molecule has 0 aromatic carbocycles. The normalized spacial score (nSPS) is 24.8. The number of nitrogens with one attached hydrogen (secondary N) is 2. The Morgan fingerprint density at radius 2 is 2.42 bits per heavy atom. The molecule has 1 aromatic rings. The van der Waals surface area contributed by atoms with Gasteiger partial charge in [0.15, 0.2) is 0 Å². The lowest BCUT2D eigenvalue weighted by Gasteiger charge is -2.27. The molecular weight excluding hydrogens is 240 g/mol. The summed E-state index contributed by atoms with van der Waals surface area (Å²) in [5.41, 5.74) is 1.14. The topological polar surface area (TPSA) is 57.3 Å². The van der Waals surface area contributed by atoms with Gasteiger partial charge in [0.25, 0.3) is 0 Å². The minimum Gasteiger partial charge on any atom is -0.352 e. The van der Waals surface area contributed by atoms with Crippen molar-refractivity contribution in [1.82, 2.24) is 20.5 Å². The summed E-state index contributed by atoms with van der Waals surface area (Å²) < 4.78 is 0. The van der Waals surface area contributed by atoms with E-state index in [9.17, 15) is 4.79 Å². The average molecular weight is 262 g/mol. The van der Waals surface area contributed by atoms with Gasteiger partial charge in [-0.1, -0.05) is 6.07 Å². The van der Waals surface area contributed by atoms with Crippen molar-refractivity contribution in [2.45, 2.75) is 32.0 Å². The number of aromatic nitrogens is 1. The summed E-state index contributed by atoms with van der Waals surface area (Å²) in [6.07, 6.45) is 4.61. The van der Waals surface area contributed by atoms with Crippen LogP contribution in [0.3, 0.4) is 0 Å². The highest BCUT2D eigenvalue weighted by molar-refractivity contribution is 5.82. The maximum absolute atomic E-state index is 12.2. The fourth-order valence-corrected chi connectivity index (χ4v) is 2.42. The van der Waals surface area contributed by atoms with Gasteiger partial charge in [-0.15, -0.1) is 0 Å². The van der Waals surface area contributed by atoms with Gasteiger partial charge in [0.05, 0.1) is 0 Å². The first-order valence-corrected chi connectivity index (χ1v) is 6.78. The van der Waals surface area contributed by atoms with Crippen LogP contribution in [0, 0.1) is 0 Å². The number of carbonyl (C=O) groups excluding carboxylic acids is 1. The summed E-state index contributed by atoms with van der Waals surface area (Å²) in [4.78, 5) is 18.6. The second-order valence-electron chi connectivity index (χ2n) is 5.10. The third-order valence-corrected chi connectivity index (χ3v) is 3.49. The van der Waals surface area contributed by atoms with E-state index in [-0.39, 0.29) is 18.0 Å². The largest absolute Gasteiger partial charge is 0.352 e. The minimum atomic E-state index is -0.116. The molecule has 0 saturated carbocycles. The Hall–Kier alpha value is -1.46. The molecule has 0 spiro atoms. The Labute approximate surface area is 114 Å². The fourth-order valence-electron chi connectivity index (χ4n) is 2.42. The third-order valence-electron chi connectivity index (χ3n) is 3.49. The smallest absolute Gasteiger partial charge is 0.238 e. The zero-order valence-electron chi connectivity index (χ0n) is 11.6. The summed E-state index contributed by atoms with van der Waals surface area (Å²) in [7, 11) is 1.88. The standard InChI is InChI=1S/C14H22N4O/c1-11-5-7-18(10-12-4-3-6-16-8-12)13(9-15-2)14(19)17-11/h3-4,6,8,11,13,15H,5,7,9-10H2,1-2H3,(H,17,19). The van der Waals surface area contributed by atoms with Gasteiger partial charge in [-0.05, 0) is 32.0 Å². The molecule has 2 heterocycles. The molecule has 1 aliphatic heterocycles. The molecule has 2 atom stereocenters. The number of hydrogen-bond donors (Lipinski definition) is 2. The second-order valence-corrected chi connectivity index (χ2v) is 5.10. The SMILES string of the molecule is CNCC1C(=O)NC(C)CCN1Cc1cccnc1. The zero-order chi connectivity index (χ0) is 13.7. The molecule has 0 aliphatic carbocycles. The van der Waals surface area contributed by atoms with Crippen LogP contribution in [0.1, 0.15) is 18.9 Å². The van der Waals surface area contributed by atoms with Crippen molar-refractivity contribution in [3.63, 3.8) is 0 Å². The highest BCUT2D eigenvalue weighted by Crippen LogP contribution is 2.12. The van der Waals surface area contributed by atoms with Crippen LogP contribution in [0.15, 0.2) is 24.5 Å². The van der Waals surface area contributed by atoms with Crippen LogP contribution >= 0.6 is 0 Å². The van der Waals surface area contributed by atoms with E-state index >= 15 is 0 Å². The summed E-state index contributed by atoms with van der Waals surface area (Å²) in [5, 5.41) is 6.16. The van der Waals surface area contributed by atoms with Gasteiger partial charge in [-0.3, -0.25) is 14.7 Å². The molecule has 1 aromatic heterocycles. The van der Waals surface area contributed by atoms with E-state index in [0.29, 0.717) is 6.54 Å². The van der Waals surface area contributed by atoms with Gasteiger partial charge >= 0.3 is 0 Å². The Bertz CT molecular complexity index is 409. The van der Waals surface area contributed by atoms with Crippen molar-refractivity contribution < 1.29 is 4.79 Å². The number of pyridine rings is 1. The van der Waals surface area contributed by atoms with Crippen LogP contribution in [0.4, 0.5) is 0 Å². The van der Waals surface area contributed by atoms with Crippen molar-refractivity contribution in [3.8, 4) is 0 Å². The second kappa shape index (κ2) is 6.63.